The number of unbranched alkanes of at least 4 members (excludes halogenated alkanes) is 2. The first-order valence-electron chi connectivity index (χ1n) is 29.0. The number of hydrogen-bond donors (Lipinski definition) is 11. The van der Waals surface area contributed by atoms with Crippen molar-refractivity contribution in [2.75, 3.05) is 13.1 Å². The molecule has 0 saturated heterocycles. The van der Waals surface area contributed by atoms with Crippen LogP contribution in [0.2, 0.25) is 0 Å². The normalized spacial score (nSPS) is 12.5. The average molecular weight is 1290 g/mol. The van der Waals surface area contributed by atoms with E-state index in [0.717, 1.165) is 24.0 Å². The van der Waals surface area contributed by atoms with Gasteiger partial charge >= 0.3 is 42.3 Å². The molecular formula is C64H93ClN6O19. The molecule has 0 bridgehead atoms. The number of phenols is 4. The van der Waals surface area contributed by atoms with Crippen molar-refractivity contribution in [2.45, 2.75) is 194 Å². The number of esters is 2. The first-order chi connectivity index (χ1) is 41.4. The van der Waals surface area contributed by atoms with Crippen LogP contribution in [0.25, 0.3) is 0 Å². The first kappa shape index (κ1) is 79.3. The number of carbonyl (C=O) groups is 8. The van der Waals surface area contributed by atoms with Crippen molar-refractivity contribution < 1.29 is 92.3 Å². The van der Waals surface area contributed by atoms with E-state index in [-0.39, 0.29) is 67.9 Å². The molecule has 0 fully saturated rings. The minimum absolute atomic E-state index is 0. The number of carboxylic acids is 1. The number of benzene rings is 4. The third kappa shape index (κ3) is 36.6. The van der Waals surface area contributed by atoms with Gasteiger partial charge in [-0.2, -0.15) is 0 Å². The third-order valence-corrected chi connectivity index (χ3v) is 11.5. The van der Waals surface area contributed by atoms with Crippen LogP contribution in [0, 0.1) is 0 Å². The summed E-state index contributed by atoms with van der Waals surface area (Å²) in [7, 11) is 0. The zero-order valence-corrected chi connectivity index (χ0v) is 54.3. The molecule has 0 aliphatic rings. The fourth-order valence-corrected chi connectivity index (χ4v) is 7.45. The number of rotatable bonds is 25. The summed E-state index contributed by atoms with van der Waals surface area (Å²) in [5, 5.41) is 60.1. The molecule has 26 heteroatoms. The maximum atomic E-state index is 13.5. The summed E-state index contributed by atoms with van der Waals surface area (Å²) in [6.45, 7) is 21.8. The molecule has 0 aliphatic carbocycles. The SMILES string of the molecule is CC(C)(C)OC(=O)NCCCC[C@H](N)C(=O)OCc1ccccc1.CC(C)(C)OC(=O)NCCCC[C@H](NC(=O)[C@H](Cc1ccc(O)c(O)c1)NC(=O)OC(C)(C)C)C(=O)OCc1ccccc1.CC(C)(C)OC(=O)N[C@@H](Cc1ccc(O)c(O)c1)C(=O)O.Cl. The lowest BCUT2D eigenvalue weighted by Gasteiger charge is -2.25. The van der Waals surface area contributed by atoms with Gasteiger partial charge in [0.05, 0.1) is 0 Å². The van der Waals surface area contributed by atoms with E-state index in [0.29, 0.717) is 43.5 Å². The van der Waals surface area contributed by atoms with Crippen LogP contribution in [0.15, 0.2) is 97.1 Å². The minimum Gasteiger partial charge on any atom is -0.504 e. The molecule has 12 N–H and O–H groups in total. The van der Waals surface area contributed by atoms with Crippen LogP contribution in [-0.4, -0.2) is 133 Å². The van der Waals surface area contributed by atoms with Crippen LogP contribution in [0.1, 0.15) is 144 Å². The Labute approximate surface area is 532 Å². The quantitative estimate of drug-likeness (QED) is 0.0127. The summed E-state index contributed by atoms with van der Waals surface area (Å²) in [4.78, 5) is 97.3. The Balaban J connectivity index is 0.000000741. The second-order valence-electron chi connectivity index (χ2n) is 24.5. The summed E-state index contributed by atoms with van der Waals surface area (Å²) in [6.07, 6.45) is 0.271. The fourth-order valence-electron chi connectivity index (χ4n) is 7.45. The molecule has 90 heavy (non-hydrogen) atoms. The van der Waals surface area contributed by atoms with E-state index >= 15 is 0 Å². The van der Waals surface area contributed by atoms with E-state index in [9.17, 15) is 58.8 Å². The van der Waals surface area contributed by atoms with Gasteiger partial charge in [-0.15, -0.1) is 12.4 Å². The summed E-state index contributed by atoms with van der Waals surface area (Å²) in [5.41, 5.74) is 5.70. The number of phenolic OH excluding ortho intramolecular Hbond substituents is 4. The van der Waals surface area contributed by atoms with E-state index < -0.39 is 94.8 Å². The molecule has 4 atom stereocenters. The van der Waals surface area contributed by atoms with Gasteiger partial charge in [0.15, 0.2) is 23.0 Å². The largest absolute Gasteiger partial charge is 0.504 e. The number of alkyl carbamates (subject to hydrolysis) is 4. The summed E-state index contributed by atoms with van der Waals surface area (Å²) < 4.78 is 31.4. The smallest absolute Gasteiger partial charge is 0.408 e. The van der Waals surface area contributed by atoms with Crippen molar-refractivity contribution >= 4 is 60.6 Å². The monoisotopic (exact) mass is 1280 g/mol. The van der Waals surface area contributed by atoms with Gasteiger partial charge in [-0.05, 0) is 168 Å². The van der Waals surface area contributed by atoms with Crippen LogP contribution in [0.3, 0.4) is 0 Å². The standard InChI is InChI=1S/C32H45N3O9.C18H28N2O4.C14H19NO6.ClH/c1-31(2,3)43-29(40)33-17-11-10-14-23(28(39)42-20-21-12-8-7-9-13-21)34-27(38)24(35-30(41)44-32(4,5)6)18-22-15-16-25(36)26(37)19-22;1-18(2,3)24-17(22)20-12-8-7-11-15(19)16(21)23-13-14-9-5-4-6-10-14;1-14(2,3)21-13(20)15-9(12(18)19)6-8-4-5-10(16)11(17)7-8;/h7-9,12-13,15-16,19,23-24,36-37H,10-11,14,17-18,20H2,1-6H3,(H,33,40)(H,34,38)(H,35,41);4-6,9-10,15H,7-8,11-13,19H2,1-3H3,(H,20,22);4-5,7,9,16-17H,6H2,1-3H3,(H,15,20)(H,18,19);1H/t23-,24-;15-;9-;/m000./s1. The number of amides is 5. The highest BCUT2D eigenvalue weighted by molar-refractivity contribution is 5.90. The molecule has 4 aromatic carbocycles. The molecule has 0 heterocycles. The maximum Gasteiger partial charge on any atom is 0.408 e. The van der Waals surface area contributed by atoms with Crippen LogP contribution in [0.4, 0.5) is 19.2 Å². The van der Waals surface area contributed by atoms with E-state index in [1.165, 1.54) is 36.4 Å². The number of hydrogen-bond acceptors (Lipinski definition) is 19. The zero-order chi connectivity index (χ0) is 67.1. The van der Waals surface area contributed by atoms with Crippen LogP contribution in [-0.2, 0) is 73.7 Å². The van der Waals surface area contributed by atoms with Crippen LogP contribution < -0.4 is 32.3 Å². The number of carbonyl (C=O) groups excluding carboxylic acids is 7. The first-order valence-corrected chi connectivity index (χ1v) is 29.0. The Kier molecular flexibility index (Phi) is 34.1. The van der Waals surface area contributed by atoms with E-state index in [2.05, 4.69) is 26.6 Å². The Morgan fingerprint density at radius 1 is 0.433 bits per heavy atom. The topological polar surface area (TPSA) is 379 Å². The number of aliphatic carboxylic acids is 1. The minimum atomic E-state index is -1.23. The highest BCUT2D eigenvalue weighted by atomic mass is 35.5. The molecule has 0 saturated carbocycles. The molecule has 0 unspecified atom stereocenters. The Hall–Kier alpha value is -8.71. The van der Waals surface area contributed by atoms with Crippen molar-refractivity contribution in [3.63, 3.8) is 0 Å². The van der Waals surface area contributed by atoms with Gasteiger partial charge in [-0.3, -0.25) is 9.59 Å². The second kappa shape index (κ2) is 38.6. The van der Waals surface area contributed by atoms with Crippen LogP contribution in [0.5, 0.6) is 23.0 Å². The molecule has 4 aromatic rings. The van der Waals surface area contributed by atoms with Gasteiger partial charge in [0.1, 0.15) is 59.8 Å². The Morgan fingerprint density at radius 2 is 0.800 bits per heavy atom. The molecule has 0 aliphatic heterocycles. The van der Waals surface area contributed by atoms with Crippen molar-refractivity contribution in [3.8, 4) is 23.0 Å². The van der Waals surface area contributed by atoms with E-state index in [1.807, 2.05) is 69.3 Å². The zero-order valence-electron chi connectivity index (χ0n) is 53.5. The lowest BCUT2D eigenvalue weighted by molar-refractivity contribution is -0.149. The van der Waals surface area contributed by atoms with Crippen molar-refractivity contribution in [3.05, 3.63) is 119 Å². The van der Waals surface area contributed by atoms with Gasteiger partial charge in [-0.25, -0.2) is 28.8 Å². The van der Waals surface area contributed by atoms with E-state index in [1.54, 1.807) is 74.4 Å². The summed E-state index contributed by atoms with van der Waals surface area (Å²) in [6, 6.07) is 22.4. The summed E-state index contributed by atoms with van der Waals surface area (Å²) >= 11 is 0. The third-order valence-electron chi connectivity index (χ3n) is 11.5. The summed E-state index contributed by atoms with van der Waals surface area (Å²) in [5.74, 6) is -4.36. The number of nitrogens with one attached hydrogen (secondary N) is 5. The van der Waals surface area contributed by atoms with E-state index in [4.69, 9.17) is 39.3 Å². The number of carboxylic acid groups (broad SMARTS) is 1. The van der Waals surface area contributed by atoms with Gasteiger partial charge < -0.3 is 86.3 Å². The Morgan fingerprint density at radius 3 is 1.19 bits per heavy atom. The fraction of sp³-hybridized carbons (Fsp3) is 0.500. The molecule has 5 amide bonds. The van der Waals surface area contributed by atoms with Gasteiger partial charge in [0.25, 0.3) is 0 Å². The lowest BCUT2D eigenvalue weighted by Crippen LogP contribution is -2.53. The lowest BCUT2D eigenvalue weighted by atomic mass is 10.0. The van der Waals surface area contributed by atoms with Gasteiger partial charge in [-0.1, -0.05) is 72.8 Å². The average Bonchev–Trinajstić information content (AvgIpc) is 2.44. The van der Waals surface area contributed by atoms with Crippen molar-refractivity contribution in [1.29, 1.82) is 0 Å². The number of aromatic hydroxyl groups is 4. The number of halogens is 1. The highest BCUT2D eigenvalue weighted by Gasteiger charge is 2.31. The van der Waals surface area contributed by atoms with Crippen molar-refractivity contribution in [1.82, 2.24) is 26.6 Å². The molecule has 0 radical (unpaired) electrons. The second-order valence-corrected chi connectivity index (χ2v) is 24.5. The highest BCUT2D eigenvalue weighted by Crippen LogP contribution is 2.27. The maximum absolute atomic E-state index is 13.5. The Bertz CT molecular complexity index is 2890. The molecule has 500 valence electrons. The van der Waals surface area contributed by atoms with Crippen molar-refractivity contribution in [2.24, 2.45) is 5.73 Å². The molecule has 25 nitrogen and oxygen atoms in total. The van der Waals surface area contributed by atoms with Gasteiger partial charge in [0.2, 0.25) is 5.91 Å². The van der Waals surface area contributed by atoms with Crippen LogP contribution >= 0.6 is 12.4 Å². The predicted octanol–water partition coefficient (Wildman–Crippen LogP) is 9.25. The molecular weight excluding hydrogens is 1190 g/mol. The predicted molar refractivity (Wildman–Crippen MR) is 337 cm³/mol. The van der Waals surface area contributed by atoms with Gasteiger partial charge in [0, 0.05) is 25.9 Å². The molecule has 0 spiro atoms. The molecule has 0 aromatic heterocycles. The molecule has 4 rings (SSSR count). The number of ether oxygens (including phenoxy) is 6. The number of nitrogens with two attached hydrogens (primary N) is 1.